The van der Waals surface area contributed by atoms with Gasteiger partial charge in [-0.05, 0) is 44.9 Å². The van der Waals surface area contributed by atoms with Gasteiger partial charge in [-0.25, -0.2) is 4.79 Å². The third kappa shape index (κ3) is 2.11. The highest BCUT2D eigenvalue weighted by atomic mass is 32.2. The number of fused-ring (bicyclic) bond motifs is 5. The second-order valence-corrected chi connectivity index (χ2v) is 9.61. The summed E-state index contributed by atoms with van der Waals surface area (Å²) in [5.41, 5.74) is 0.492. The van der Waals surface area contributed by atoms with Crippen LogP contribution in [0.15, 0.2) is 12.2 Å². The Labute approximate surface area is 117 Å². The van der Waals surface area contributed by atoms with Gasteiger partial charge in [-0.3, -0.25) is 0 Å². The zero-order valence-corrected chi connectivity index (χ0v) is 12.6. The van der Waals surface area contributed by atoms with Gasteiger partial charge in [-0.1, -0.05) is 6.58 Å². The first-order valence-corrected chi connectivity index (χ1v) is 8.43. The maximum absolute atomic E-state index is 11.5. The molecule has 100 valence electrons. The Kier molecular flexibility index (Phi) is 3.22. The second kappa shape index (κ2) is 4.48. The molecule has 3 rings (SSSR count). The van der Waals surface area contributed by atoms with Crippen molar-refractivity contribution in [3.63, 3.8) is 0 Å². The van der Waals surface area contributed by atoms with Crippen molar-refractivity contribution in [1.29, 1.82) is 0 Å². The fourth-order valence-corrected chi connectivity index (χ4v) is 7.72. The lowest BCUT2D eigenvalue weighted by Crippen LogP contribution is -2.24. The van der Waals surface area contributed by atoms with Gasteiger partial charge < -0.3 is 4.74 Å². The molecule has 3 fully saturated rings. The average Bonchev–Trinajstić information content (AvgIpc) is 2.96. The minimum Gasteiger partial charge on any atom is -0.460 e. The number of thioether (sulfide) groups is 2. The van der Waals surface area contributed by atoms with Gasteiger partial charge in [0.2, 0.25) is 0 Å². The topological polar surface area (TPSA) is 26.3 Å². The van der Waals surface area contributed by atoms with Gasteiger partial charge in [0.25, 0.3) is 0 Å². The summed E-state index contributed by atoms with van der Waals surface area (Å²) in [6.07, 6.45) is 4.28. The van der Waals surface area contributed by atoms with E-state index in [9.17, 15) is 4.79 Å². The molecule has 3 aliphatic rings. The lowest BCUT2D eigenvalue weighted by molar-refractivity contribution is -0.139. The molecule has 0 N–H and O–H groups in total. The molecule has 2 bridgehead atoms. The van der Waals surface area contributed by atoms with Crippen LogP contribution in [0.3, 0.4) is 0 Å². The molecule has 1 aliphatic heterocycles. The maximum atomic E-state index is 11.5. The zero-order valence-electron chi connectivity index (χ0n) is 11.0. The van der Waals surface area contributed by atoms with Crippen molar-refractivity contribution < 1.29 is 9.53 Å². The summed E-state index contributed by atoms with van der Waals surface area (Å²) >= 11 is 4.11. The molecule has 0 radical (unpaired) electrons. The Morgan fingerprint density at radius 2 is 1.89 bits per heavy atom. The van der Waals surface area contributed by atoms with Gasteiger partial charge in [0, 0.05) is 16.1 Å². The molecule has 2 aliphatic carbocycles. The first-order chi connectivity index (χ1) is 8.48. The molecular formula is C14H20O2S2. The quantitative estimate of drug-likeness (QED) is 0.585. The van der Waals surface area contributed by atoms with Crippen LogP contribution in [-0.2, 0) is 9.53 Å². The van der Waals surface area contributed by atoms with Crippen molar-refractivity contribution in [3.8, 4) is 0 Å². The van der Waals surface area contributed by atoms with E-state index in [4.69, 9.17) is 4.74 Å². The smallest absolute Gasteiger partial charge is 0.333 e. The van der Waals surface area contributed by atoms with E-state index in [1.807, 2.05) is 0 Å². The molecule has 2 saturated carbocycles. The highest BCUT2D eigenvalue weighted by Gasteiger charge is 2.57. The Morgan fingerprint density at radius 1 is 1.33 bits per heavy atom. The van der Waals surface area contributed by atoms with E-state index in [0.29, 0.717) is 12.2 Å². The molecule has 18 heavy (non-hydrogen) atoms. The van der Waals surface area contributed by atoms with Crippen molar-refractivity contribution in [1.82, 2.24) is 0 Å². The molecule has 2 nitrogen and oxygen atoms in total. The van der Waals surface area contributed by atoms with Crippen LogP contribution in [0.4, 0.5) is 0 Å². The fraction of sp³-hybridized carbons (Fsp3) is 0.786. The number of esters is 1. The molecule has 0 aromatic rings. The lowest BCUT2D eigenvalue weighted by atomic mass is 10.00. The van der Waals surface area contributed by atoms with E-state index in [1.54, 1.807) is 6.92 Å². The first kappa shape index (κ1) is 12.9. The van der Waals surface area contributed by atoms with Gasteiger partial charge >= 0.3 is 5.97 Å². The Morgan fingerprint density at radius 3 is 2.39 bits per heavy atom. The molecule has 0 aromatic carbocycles. The predicted octanol–water partition coefficient (Wildman–Crippen LogP) is 3.47. The standard InChI is InChI=1S/C14H20O2S2/c1-8(2)13(15)16-7-14(3)17-11-9-4-5-10(6-9)12(11)18-14/h9-12H,1,4-7H2,2-3H3. The molecule has 0 spiro atoms. The van der Waals surface area contributed by atoms with E-state index < -0.39 is 0 Å². The zero-order chi connectivity index (χ0) is 12.9. The molecule has 4 unspecified atom stereocenters. The summed E-state index contributed by atoms with van der Waals surface area (Å²) in [6, 6.07) is 0. The third-order valence-electron chi connectivity index (χ3n) is 4.35. The van der Waals surface area contributed by atoms with Crippen molar-refractivity contribution >= 4 is 29.5 Å². The maximum Gasteiger partial charge on any atom is 0.333 e. The third-order valence-corrected chi connectivity index (χ3v) is 8.23. The Hall–Kier alpha value is -0.0900. The van der Waals surface area contributed by atoms with Crippen LogP contribution in [0.25, 0.3) is 0 Å². The molecule has 1 saturated heterocycles. The summed E-state index contributed by atoms with van der Waals surface area (Å²) in [5, 5.41) is 1.62. The van der Waals surface area contributed by atoms with Crippen LogP contribution in [-0.4, -0.2) is 27.2 Å². The number of hydrogen-bond acceptors (Lipinski definition) is 4. The normalized spacial score (nSPS) is 45.0. The minimum absolute atomic E-state index is 0.0572. The molecular weight excluding hydrogens is 264 g/mol. The van der Waals surface area contributed by atoms with Crippen molar-refractivity contribution in [2.24, 2.45) is 11.8 Å². The predicted molar refractivity (Wildman–Crippen MR) is 77.8 cm³/mol. The van der Waals surface area contributed by atoms with E-state index in [0.717, 1.165) is 22.3 Å². The van der Waals surface area contributed by atoms with E-state index >= 15 is 0 Å². The number of rotatable bonds is 3. The SMILES string of the molecule is C=C(C)C(=O)OCC1(C)SC2C3CCC(C3)C2S1. The summed E-state index contributed by atoms with van der Waals surface area (Å²) in [7, 11) is 0. The van der Waals surface area contributed by atoms with Crippen LogP contribution < -0.4 is 0 Å². The number of carbonyl (C=O) groups is 1. The Bertz CT molecular complexity index is 375. The summed E-state index contributed by atoms with van der Waals surface area (Å²) < 4.78 is 5.42. The lowest BCUT2D eigenvalue weighted by Gasteiger charge is -2.23. The van der Waals surface area contributed by atoms with Crippen LogP contribution in [0.2, 0.25) is 0 Å². The van der Waals surface area contributed by atoms with Crippen molar-refractivity contribution in [2.45, 2.75) is 47.7 Å². The number of hydrogen-bond donors (Lipinski definition) is 0. The van der Waals surface area contributed by atoms with E-state index in [2.05, 4.69) is 37.0 Å². The van der Waals surface area contributed by atoms with Gasteiger partial charge in [-0.2, -0.15) is 0 Å². The van der Waals surface area contributed by atoms with Gasteiger partial charge in [0.15, 0.2) is 0 Å². The first-order valence-electron chi connectivity index (χ1n) is 6.67. The van der Waals surface area contributed by atoms with Crippen LogP contribution in [0, 0.1) is 11.8 Å². The molecule has 0 aromatic heterocycles. The van der Waals surface area contributed by atoms with E-state index in [-0.39, 0.29) is 10.0 Å². The van der Waals surface area contributed by atoms with E-state index in [1.165, 1.54) is 19.3 Å². The summed E-state index contributed by atoms with van der Waals surface area (Å²) in [4.78, 5) is 11.5. The average molecular weight is 284 g/mol. The molecule has 4 heteroatoms. The number of ether oxygens (including phenoxy) is 1. The van der Waals surface area contributed by atoms with Crippen LogP contribution in [0.5, 0.6) is 0 Å². The minimum atomic E-state index is -0.252. The van der Waals surface area contributed by atoms with Crippen LogP contribution in [0.1, 0.15) is 33.1 Å². The summed E-state index contributed by atoms with van der Waals surface area (Å²) in [6.45, 7) is 8.07. The van der Waals surface area contributed by atoms with Gasteiger partial charge in [0.1, 0.15) is 6.61 Å². The molecule has 4 atom stereocenters. The fourth-order valence-electron chi connectivity index (χ4n) is 3.50. The van der Waals surface area contributed by atoms with Crippen molar-refractivity contribution in [2.75, 3.05) is 6.61 Å². The second-order valence-electron chi connectivity index (χ2n) is 5.99. The van der Waals surface area contributed by atoms with Gasteiger partial charge in [-0.15, -0.1) is 23.5 Å². The summed E-state index contributed by atoms with van der Waals surface area (Å²) in [5.74, 6) is 1.60. The monoisotopic (exact) mass is 284 g/mol. The highest BCUT2D eigenvalue weighted by Crippen LogP contribution is 2.65. The number of carbonyl (C=O) groups excluding carboxylic acids is 1. The Balaban J connectivity index is 1.61. The largest absolute Gasteiger partial charge is 0.460 e. The van der Waals surface area contributed by atoms with Crippen molar-refractivity contribution in [3.05, 3.63) is 12.2 Å². The molecule has 1 heterocycles. The highest BCUT2D eigenvalue weighted by molar-refractivity contribution is 8.22. The molecule has 0 amide bonds. The van der Waals surface area contributed by atoms with Gasteiger partial charge in [0.05, 0.1) is 4.08 Å². The van der Waals surface area contributed by atoms with Crippen LogP contribution >= 0.6 is 23.5 Å².